The molecule has 3 fully saturated rings. The normalized spacial score (nSPS) is 28.8. The van der Waals surface area contributed by atoms with Crippen LogP contribution in [-0.2, 0) is 11.3 Å². The first-order chi connectivity index (χ1) is 7.33. The lowest BCUT2D eigenvalue weighted by Crippen LogP contribution is -2.69. The van der Waals surface area contributed by atoms with E-state index >= 15 is 0 Å². The Morgan fingerprint density at radius 2 is 2.07 bits per heavy atom. The van der Waals surface area contributed by atoms with E-state index in [2.05, 4.69) is 17.4 Å². The van der Waals surface area contributed by atoms with Gasteiger partial charge in [-0.05, 0) is 12.0 Å². The van der Waals surface area contributed by atoms with Crippen LogP contribution in [0.25, 0.3) is 0 Å². The van der Waals surface area contributed by atoms with Crippen LogP contribution in [0.5, 0.6) is 0 Å². The first-order valence-corrected chi connectivity index (χ1v) is 5.42. The van der Waals surface area contributed by atoms with Gasteiger partial charge in [0.1, 0.15) is 0 Å². The molecule has 0 spiro atoms. The summed E-state index contributed by atoms with van der Waals surface area (Å²) in [6.07, 6.45) is 1.03. The van der Waals surface area contributed by atoms with Crippen LogP contribution in [0.3, 0.4) is 0 Å². The summed E-state index contributed by atoms with van der Waals surface area (Å²) in [5, 5.41) is 3.25. The predicted molar refractivity (Wildman–Crippen MR) is 57.2 cm³/mol. The average molecular weight is 202 g/mol. The quantitative estimate of drug-likeness (QED) is 0.768. The fraction of sp³-hybridized carbons (Fsp3) is 0.417. The summed E-state index contributed by atoms with van der Waals surface area (Å²) in [5.41, 5.74) is 1.21. The highest BCUT2D eigenvalue weighted by Crippen LogP contribution is 2.23. The molecule has 2 unspecified atom stereocenters. The molecule has 3 saturated heterocycles. The van der Waals surface area contributed by atoms with Crippen LogP contribution >= 0.6 is 0 Å². The summed E-state index contributed by atoms with van der Waals surface area (Å²) < 4.78 is 0. The molecule has 3 nitrogen and oxygen atoms in total. The molecule has 3 heterocycles. The van der Waals surface area contributed by atoms with Crippen molar-refractivity contribution in [3.05, 3.63) is 35.9 Å². The fourth-order valence-electron chi connectivity index (χ4n) is 2.37. The van der Waals surface area contributed by atoms with Crippen molar-refractivity contribution in [3.8, 4) is 0 Å². The molecular formula is C12H14N2O. The molecule has 3 aliphatic rings. The number of carbonyl (C=O) groups is 1. The van der Waals surface area contributed by atoms with E-state index in [-0.39, 0.29) is 11.9 Å². The lowest BCUT2D eigenvalue weighted by molar-refractivity contribution is -0.143. The summed E-state index contributed by atoms with van der Waals surface area (Å²) in [6, 6.07) is 10.8. The molecule has 1 amide bonds. The Bertz CT molecular complexity index is 370. The van der Waals surface area contributed by atoms with Gasteiger partial charge in [0.05, 0.1) is 6.04 Å². The number of rotatable bonds is 2. The summed E-state index contributed by atoms with van der Waals surface area (Å²) in [7, 11) is 0. The molecule has 0 aliphatic carbocycles. The van der Waals surface area contributed by atoms with Crippen molar-refractivity contribution in [1.29, 1.82) is 0 Å². The highest BCUT2D eigenvalue weighted by molar-refractivity contribution is 5.84. The SMILES string of the molecule is O=C1C2CC(CN1Cc1ccccc1)N2. The van der Waals surface area contributed by atoms with Gasteiger partial charge in [-0.3, -0.25) is 4.79 Å². The van der Waals surface area contributed by atoms with Crippen LogP contribution < -0.4 is 5.32 Å². The predicted octanol–water partition coefficient (Wildman–Crippen LogP) is 0.759. The molecule has 78 valence electrons. The molecule has 2 bridgehead atoms. The van der Waals surface area contributed by atoms with E-state index in [4.69, 9.17) is 0 Å². The number of nitrogens with one attached hydrogen (secondary N) is 1. The minimum atomic E-state index is 0.104. The van der Waals surface area contributed by atoms with E-state index < -0.39 is 0 Å². The largest absolute Gasteiger partial charge is 0.335 e. The molecule has 0 saturated carbocycles. The number of fused-ring (bicyclic) bond motifs is 2. The van der Waals surface area contributed by atoms with E-state index in [1.54, 1.807) is 0 Å². The van der Waals surface area contributed by atoms with Gasteiger partial charge in [-0.1, -0.05) is 30.3 Å². The van der Waals surface area contributed by atoms with Crippen LogP contribution in [0.4, 0.5) is 0 Å². The van der Waals surface area contributed by atoms with Gasteiger partial charge in [-0.25, -0.2) is 0 Å². The second-order valence-corrected chi connectivity index (χ2v) is 4.36. The molecule has 4 rings (SSSR count). The first-order valence-electron chi connectivity index (χ1n) is 5.42. The maximum absolute atomic E-state index is 11.8. The van der Waals surface area contributed by atoms with Gasteiger partial charge in [-0.2, -0.15) is 0 Å². The number of carbonyl (C=O) groups excluding carboxylic acids is 1. The standard InChI is InChI=1S/C12H14N2O/c15-12-11-6-10(13-11)8-14(12)7-9-4-2-1-3-5-9/h1-5,10-11,13H,6-8H2. The summed E-state index contributed by atoms with van der Waals surface area (Å²) in [6.45, 7) is 1.62. The lowest BCUT2D eigenvalue weighted by Gasteiger charge is -2.47. The number of piperazine rings is 1. The molecule has 1 aromatic rings. The van der Waals surface area contributed by atoms with E-state index in [0.717, 1.165) is 19.5 Å². The molecule has 15 heavy (non-hydrogen) atoms. The minimum absolute atomic E-state index is 0.104. The maximum Gasteiger partial charge on any atom is 0.240 e. The van der Waals surface area contributed by atoms with Gasteiger partial charge in [0.15, 0.2) is 0 Å². The number of hydrogen-bond acceptors (Lipinski definition) is 2. The van der Waals surface area contributed by atoms with Crippen molar-refractivity contribution < 1.29 is 4.79 Å². The average Bonchev–Trinajstić information content (AvgIpc) is 2.20. The molecule has 3 aliphatic heterocycles. The zero-order chi connectivity index (χ0) is 10.3. The van der Waals surface area contributed by atoms with Gasteiger partial charge in [0.25, 0.3) is 0 Å². The van der Waals surface area contributed by atoms with Crippen LogP contribution in [0, 0.1) is 0 Å². The zero-order valence-corrected chi connectivity index (χ0v) is 8.52. The molecule has 0 aromatic heterocycles. The highest BCUT2D eigenvalue weighted by Gasteiger charge is 2.42. The fourth-order valence-corrected chi connectivity index (χ4v) is 2.37. The lowest BCUT2D eigenvalue weighted by atomic mass is 9.90. The van der Waals surface area contributed by atoms with E-state index in [0.29, 0.717) is 6.04 Å². The number of amides is 1. The van der Waals surface area contributed by atoms with Gasteiger partial charge in [0, 0.05) is 19.1 Å². The van der Waals surface area contributed by atoms with Crippen molar-refractivity contribution in [2.75, 3.05) is 6.54 Å². The van der Waals surface area contributed by atoms with Crippen molar-refractivity contribution >= 4 is 5.91 Å². The Balaban J connectivity index is 1.71. The second-order valence-electron chi connectivity index (χ2n) is 4.36. The van der Waals surface area contributed by atoms with Crippen molar-refractivity contribution in [2.24, 2.45) is 0 Å². The maximum atomic E-state index is 11.8. The summed E-state index contributed by atoms with van der Waals surface area (Å²) >= 11 is 0. The topological polar surface area (TPSA) is 32.3 Å². The van der Waals surface area contributed by atoms with E-state index in [1.165, 1.54) is 5.56 Å². The van der Waals surface area contributed by atoms with Crippen LogP contribution in [0.15, 0.2) is 30.3 Å². The van der Waals surface area contributed by atoms with Crippen molar-refractivity contribution in [2.45, 2.75) is 25.0 Å². The number of hydrogen-bond donors (Lipinski definition) is 1. The van der Waals surface area contributed by atoms with Gasteiger partial charge in [-0.15, -0.1) is 0 Å². The number of benzene rings is 1. The van der Waals surface area contributed by atoms with Gasteiger partial charge < -0.3 is 10.2 Å². The van der Waals surface area contributed by atoms with Crippen LogP contribution in [0.2, 0.25) is 0 Å². The van der Waals surface area contributed by atoms with Crippen molar-refractivity contribution in [1.82, 2.24) is 10.2 Å². The molecule has 0 radical (unpaired) electrons. The van der Waals surface area contributed by atoms with E-state index in [9.17, 15) is 4.79 Å². The monoisotopic (exact) mass is 202 g/mol. The number of nitrogens with zero attached hydrogens (tertiary/aromatic N) is 1. The smallest absolute Gasteiger partial charge is 0.240 e. The third-order valence-electron chi connectivity index (χ3n) is 3.22. The Morgan fingerprint density at radius 1 is 1.33 bits per heavy atom. The van der Waals surface area contributed by atoms with E-state index in [1.807, 2.05) is 23.1 Å². The summed E-state index contributed by atoms with van der Waals surface area (Å²) in [4.78, 5) is 13.8. The zero-order valence-electron chi connectivity index (χ0n) is 8.52. The molecule has 3 heteroatoms. The summed E-state index contributed by atoms with van der Waals surface area (Å²) in [5.74, 6) is 0.265. The van der Waals surface area contributed by atoms with Gasteiger partial charge in [0.2, 0.25) is 5.91 Å². The molecule has 2 atom stereocenters. The minimum Gasteiger partial charge on any atom is -0.335 e. The van der Waals surface area contributed by atoms with Crippen LogP contribution in [0.1, 0.15) is 12.0 Å². The van der Waals surface area contributed by atoms with Gasteiger partial charge >= 0.3 is 0 Å². The molecule has 1 aromatic carbocycles. The number of piperidine rings is 1. The molecule has 1 N–H and O–H groups in total. The Labute approximate surface area is 89.1 Å². The highest BCUT2D eigenvalue weighted by atomic mass is 16.2. The third kappa shape index (κ3) is 1.53. The van der Waals surface area contributed by atoms with Crippen molar-refractivity contribution in [3.63, 3.8) is 0 Å². The first kappa shape index (κ1) is 8.92. The Morgan fingerprint density at radius 3 is 2.73 bits per heavy atom. The van der Waals surface area contributed by atoms with Crippen LogP contribution in [-0.4, -0.2) is 29.4 Å². The Kier molecular flexibility index (Phi) is 1.99. The Hall–Kier alpha value is -1.35. The molecular weight excluding hydrogens is 188 g/mol. The second kappa shape index (κ2) is 3.35. The third-order valence-corrected chi connectivity index (χ3v) is 3.22.